The standard InChI is InChI=1S/C25H27NO4S/c1-28-21-14-20(15-22(29-2)24(21)30-3)25(27)26-16-23(19-12-8-5-9-13-19)31-17-18-10-6-4-7-11-18/h4-15,23H,16-17H2,1-3H3,(H,26,27)/t23-/m1/s1. The number of methoxy groups -OCH3 is 3. The topological polar surface area (TPSA) is 56.8 Å². The van der Waals surface area contributed by atoms with Crippen molar-refractivity contribution < 1.29 is 19.0 Å². The van der Waals surface area contributed by atoms with Crippen LogP contribution in [0.15, 0.2) is 72.8 Å². The molecule has 31 heavy (non-hydrogen) atoms. The molecule has 0 saturated carbocycles. The summed E-state index contributed by atoms with van der Waals surface area (Å²) in [6.07, 6.45) is 0. The van der Waals surface area contributed by atoms with Crippen molar-refractivity contribution in [3.05, 3.63) is 89.5 Å². The number of amides is 1. The Hall–Kier alpha value is -3.12. The second kappa shape index (κ2) is 11.3. The highest BCUT2D eigenvalue weighted by molar-refractivity contribution is 7.98. The lowest BCUT2D eigenvalue weighted by Gasteiger charge is -2.19. The van der Waals surface area contributed by atoms with E-state index < -0.39 is 0 Å². The highest BCUT2D eigenvalue weighted by Gasteiger charge is 2.19. The van der Waals surface area contributed by atoms with Gasteiger partial charge in [-0.3, -0.25) is 4.79 Å². The first-order valence-corrected chi connectivity index (χ1v) is 11.0. The Bertz CT molecular complexity index is 954. The van der Waals surface area contributed by atoms with Crippen LogP contribution in [-0.4, -0.2) is 33.8 Å². The van der Waals surface area contributed by atoms with Gasteiger partial charge in [0.25, 0.3) is 5.91 Å². The number of benzene rings is 3. The van der Waals surface area contributed by atoms with Gasteiger partial charge in [-0.25, -0.2) is 0 Å². The maximum Gasteiger partial charge on any atom is 0.251 e. The number of rotatable bonds is 10. The van der Waals surface area contributed by atoms with Gasteiger partial charge in [0.2, 0.25) is 5.75 Å². The maximum atomic E-state index is 12.9. The minimum Gasteiger partial charge on any atom is -0.493 e. The van der Waals surface area contributed by atoms with E-state index in [-0.39, 0.29) is 11.2 Å². The minimum absolute atomic E-state index is 0.118. The average Bonchev–Trinajstić information content (AvgIpc) is 2.84. The number of ether oxygens (including phenoxy) is 3. The number of thioether (sulfide) groups is 1. The van der Waals surface area contributed by atoms with E-state index in [0.717, 1.165) is 5.75 Å². The van der Waals surface area contributed by atoms with Crippen molar-refractivity contribution in [3.63, 3.8) is 0 Å². The first kappa shape index (κ1) is 22.6. The molecule has 3 aromatic rings. The third-order valence-corrected chi connectivity index (χ3v) is 6.18. The monoisotopic (exact) mass is 437 g/mol. The summed E-state index contributed by atoms with van der Waals surface area (Å²) in [7, 11) is 4.60. The molecule has 1 amide bonds. The predicted molar refractivity (Wildman–Crippen MR) is 125 cm³/mol. The highest BCUT2D eigenvalue weighted by Crippen LogP contribution is 2.38. The largest absolute Gasteiger partial charge is 0.493 e. The van der Waals surface area contributed by atoms with Crippen LogP contribution in [0.2, 0.25) is 0 Å². The Morgan fingerprint density at radius 1 is 0.871 bits per heavy atom. The van der Waals surface area contributed by atoms with E-state index in [1.165, 1.54) is 32.5 Å². The summed E-state index contributed by atoms with van der Waals surface area (Å²) in [6, 6.07) is 23.9. The zero-order valence-corrected chi connectivity index (χ0v) is 18.8. The summed E-state index contributed by atoms with van der Waals surface area (Å²) in [5.74, 6) is 2.03. The van der Waals surface area contributed by atoms with Crippen LogP contribution in [0.4, 0.5) is 0 Å². The molecule has 0 aliphatic heterocycles. The van der Waals surface area contributed by atoms with Crippen molar-refractivity contribution >= 4 is 17.7 Å². The molecule has 0 bridgehead atoms. The Kier molecular flexibility index (Phi) is 8.24. The fourth-order valence-corrected chi connectivity index (χ4v) is 4.35. The van der Waals surface area contributed by atoms with Gasteiger partial charge in [0.15, 0.2) is 11.5 Å². The SMILES string of the molecule is COc1cc(C(=O)NC[C@@H](SCc2ccccc2)c2ccccc2)cc(OC)c1OC. The second-order valence-electron chi connectivity index (χ2n) is 6.82. The van der Waals surface area contributed by atoms with Crippen LogP contribution in [0.25, 0.3) is 0 Å². The van der Waals surface area contributed by atoms with Crippen LogP contribution in [0.5, 0.6) is 17.2 Å². The van der Waals surface area contributed by atoms with Gasteiger partial charge in [-0.1, -0.05) is 60.7 Å². The molecule has 0 unspecified atom stereocenters. The average molecular weight is 438 g/mol. The molecule has 0 fully saturated rings. The normalized spacial score (nSPS) is 11.5. The van der Waals surface area contributed by atoms with Gasteiger partial charge in [0.05, 0.1) is 21.3 Å². The van der Waals surface area contributed by atoms with Gasteiger partial charge in [-0.15, -0.1) is 11.8 Å². The van der Waals surface area contributed by atoms with Gasteiger partial charge in [-0.05, 0) is 23.3 Å². The van der Waals surface area contributed by atoms with Crippen LogP contribution in [0.1, 0.15) is 26.7 Å². The summed E-state index contributed by atoms with van der Waals surface area (Å²) in [6.45, 7) is 0.497. The smallest absolute Gasteiger partial charge is 0.251 e. The van der Waals surface area contributed by atoms with E-state index >= 15 is 0 Å². The summed E-state index contributed by atoms with van der Waals surface area (Å²) in [5, 5.41) is 3.18. The number of nitrogens with one attached hydrogen (secondary N) is 1. The van der Waals surface area contributed by atoms with Crippen molar-refractivity contribution in [2.24, 2.45) is 0 Å². The third-order valence-electron chi connectivity index (χ3n) is 4.84. The fourth-order valence-electron chi connectivity index (χ4n) is 3.21. The second-order valence-corrected chi connectivity index (χ2v) is 8.01. The van der Waals surface area contributed by atoms with Crippen LogP contribution in [-0.2, 0) is 5.75 Å². The molecule has 3 aromatic carbocycles. The Balaban J connectivity index is 1.74. The number of carbonyl (C=O) groups excluding carboxylic acids is 1. The molecule has 3 rings (SSSR count). The predicted octanol–water partition coefficient (Wildman–Crippen LogP) is 5.12. The van der Waals surface area contributed by atoms with E-state index in [2.05, 4.69) is 29.6 Å². The lowest BCUT2D eigenvalue weighted by Crippen LogP contribution is -2.27. The highest BCUT2D eigenvalue weighted by atomic mass is 32.2. The van der Waals surface area contributed by atoms with Gasteiger partial charge in [-0.2, -0.15) is 0 Å². The summed E-state index contributed by atoms with van der Waals surface area (Å²) in [4.78, 5) is 12.9. The summed E-state index contributed by atoms with van der Waals surface area (Å²) < 4.78 is 16.1. The van der Waals surface area contributed by atoms with E-state index in [4.69, 9.17) is 14.2 Å². The molecule has 6 heteroatoms. The molecule has 0 heterocycles. The lowest BCUT2D eigenvalue weighted by atomic mass is 10.1. The number of hydrogen-bond acceptors (Lipinski definition) is 5. The molecule has 5 nitrogen and oxygen atoms in total. The van der Waals surface area contributed by atoms with Gasteiger partial charge < -0.3 is 19.5 Å². The summed E-state index contributed by atoms with van der Waals surface area (Å²) >= 11 is 1.80. The Morgan fingerprint density at radius 3 is 2.00 bits per heavy atom. The molecular formula is C25H27NO4S. The van der Waals surface area contributed by atoms with E-state index in [9.17, 15) is 4.79 Å². The Labute approximate surface area is 187 Å². The molecular weight excluding hydrogens is 410 g/mol. The van der Waals surface area contributed by atoms with Gasteiger partial charge >= 0.3 is 0 Å². The van der Waals surface area contributed by atoms with Crippen molar-refractivity contribution in [3.8, 4) is 17.2 Å². The molecule has 0 aliphatic rings. The molecule has 0 aliphatic carbocycles. The zero-order chi connectivity index (χ0) is 22.1. The van der Waals surface area contributed by atoms with Crippen LogP contribution >= 0.6 is 11.8 Å². The van der Waals surface area contributed by atoms with Crippen molar-refractivity contribution in [1.82, 2.24) is 5.32 Å². The van der Waals surface area contributed by atoms with E-state index in [1.54, 1.807) is 23.9 Å². The number of carbonyl (C=O) groups is 1. The molecule has 0 spiro atoms. The molecule has 1 N–H and O–H groups in total. The first-order valence-electron chi connectivity index (χ1n) is 9.95. The molecule has 0 saturated heterocycles. The van der Waals surface area contributed by atoms with Crippen molar-refractivity contribution in [2.75, 3.05) is 27.9 Å². The lowest BCUT2D eigenvalue weighted by molar-refractivity contribution is 0.0953. The van der Waals surface area contributed by atoms with Crippen LogP contribution in [0.3, 0.4) is 0 Å². The quantitative estimate of drug-likeness (QED) is 0.477. The van der Waals surface area contributed by atoms with E-state index in [0.29, 0.717) is 29.4 Å². The van der Waals surface area contributed by atoms with Crippen LogP contribution in [0, 0.1) is 0 Å². The van der Waals surface area contributed by atoms with Gasteiger partial charge in [0, 0.05) is 23.1 Å². The van der Waals surface area contributed by atoms with Crippen molar-refractivity contribution in [1.29, 1.82) is 0 Å². The van der Waals surface area contributed by atoms with Crippen LogP contribution < -0.4 is 19.5 Å². The third kappa shape index (κ3) is 5.95. The maximum absolute atomic E-state index is 12.9. The molecule has 0 aromatic heterocycles. The Morgan fingerprint density at radius 2 is 1.45 bits per heavy atom. The van der Waals surface area contributed by atoms with Gasteiger partial charge in [0.1, 0.15) is 0 Å². The van der Waals surface area contributed by atoms with E-state index in [1.807, 2.05) is 36.4 Å². The molecule has 1 atom stereocenters. The molecule has 0 radical (unpaired) electrons. The van der Waals surface area contributed by atoms with Crippen molar-refractivity contribution in [2.45, 2.75) is 11.0 Å². The minimum atomic E-state index is -0.194. The molecule has 162 valence electrons. The zero-order valence-electron chi connectivity index (χ0n) is 18.0. The summed E-state index contributed by atoms with van der Waals surface area (Å²) in [5.41, 5.74) is 2.88. The first-order chi connectivity index (χ1) is 15.2. The number of hydrogen-bond donors (Lipinski definition) is 1. The fraction of sp³-hybridized carbons (Fsp3) is 0.240.